The molecule has 7 rings (SSSR count). The first-order valence-corrected chi connectivity index (χ1v) is 12.0. The van der Waals surface area contributed by atoms with E-state index in [-0.39, 0.29) is 53.2 Å². The van der Waals surface area contributed by atoms with Gasteiger partial charge in [-0.2, -0.15) is 0 Å². The highest BCUT2D eigenvalue weighted by atomic mass is 16.8. The predicted molar refractivity (Wildman–Crippen MR) is 111 cm³/mol. The van der Waals surface area contributed by atoms with Crippen molar-refractivity contribution in [2.45, 2.75) is 120 Å². The van der Waals surface area contributed by atoms with Crippen molar-refractivity contribution in [1.29, 1.82) is 0 Å². The number of rotatable bonds is 3. The Morgan fingerprint density at radius 1 is 1.19 bits per heavy atom. The van der Waals surface area contributed by atoms with Crippen molar-refractivity contribution in [2.24, 2.45) is 11.3 Å². The molecule has 2 spiro atoms. The molecular formula is C25H34O6. The zero-order chi connectivity index (χ0) is 21.8. The molecule has 5 fully saturated rings. The number of aliphatic hydroxyl groups excluding tert-OH is 1. The fourth-order valence-electron chi connectivity index (χ4n) is 8.26. The molecular weight excluding hydrogens is 396 g/mol. The lowest BCUT2D eigenvalue weighted by molar-refractivity contribution is -0.167. The normalized spacial score (nSPS) is 53.0. The van der Waals surface area contributed by atoms with Crippen molar-refractivity contribution in [3.63, 3.8) is 0 Å². The van der Waals surface area contributed by atoms with Gasteiger partial charge in [0.25, 0.3) is 0 Å². The van der Waals surface area contributed by atoms with E-state index in [2.05, 4.69) is 41.5 Å². The summed E-state index contributed by atoms with van der Waals surface area (Å²) in [6.07, 6.45) is 4.82. The van der Waals surface area contributed by atoms with Gasteiger partial charge in [0.15, 0.2) is 5.60 Å². The van der Waals surface area contributed by atoms with Gasteiger partial charge in [-0.15, -0.1) is 0 Å². The van der Waals surface area contributed by atoms with Crippen LogP contribution >= 0.6 is 0 Å². The summed E-state index contributed by atoms with van der Waals surface area (Å²) in [6, 6.07) is 0. The number of furan rings is 1. The van der Waals surface area contributed by atoms with Gasteiger partial charge in [-0.05, 0) is 63.0 Å². The minimum atomic E-state index is -0.436. The Morgan fingerprint density at radius 2 is 1.97 bits per heavy atom. The maximum Gasteiger partial charge on any atom is 0.156 e. The second kappa shape index (κ2) is 5.25. The summed E-state index contributed by atoms with van der Waals surface area (Å²) < 4.78 is 32.7. The Balaban J connectivity index is 1.37. The number of epoxide rings is 3. The third kappa shape index (κ3) is 1.90. The standard InChI is InChI=1S/C25H34O6/c1-12(2)23-18(29-23)19-25(30-19)22(6)8-7-13-14(11-27-16(13)10-26)15(22)9-17-24(25,28-17)20(23)31-21(3,4)5/h11-12,15,17-20,26H,7-10H2,1-6H3/t15-,17-,18-,19-,20+,22-,23-,24+,25+/m0/s1. The summed E-state index contributed by atoms with van der Waals surface area (Å²) in [7, 11) is 0. The summed E-state index contributed by atoms with van der Waals surface area (Å²) in [6.45, 7) is 13.2. The highest BCUT2D eigenvalue weighted by Crippen LogP contribution is 2.83. The molecule has 170 valence electrons. The largest absolute Gasteiger partial charge is 0.466 e. The number of ether oxygens (including phenoxy) is 4. The van der Waals surface area contributed by atoms with Crippen molar-refractivity contribution < 1.29 is 28.5 Å². The van der Waals surface area contributed by atoms with Crippen LogP contribution in [0.2, 0.25) is 0 Å². The number of aliphatic hydroxyl groups is 1. The molecule has 6 heteroatoms. The van der Waals surface area contributed by atoms with E-state index in [1.54, 1.807) is 0 Å². The Kier molecular flexibility index (Phi) is 3.31. The lowest BCUT2D eigenvalue weighted by Crippen LogP contribution is -2.70. The van der Waals surface area contributed by atoms with Crippen LogP contribution in [0.25, 0.3) is 0 Å². The SMILES string of the molecule is CC(C)[C@]12O[C@H]1[C@@H]1O[C@]13[C@]1(O[C@H]1C[C@H]1c4coc(CO)c4CC[C@@]13C)[C@@H]2OC(C)(C)C. The van der Waals surface area contributed by atoms with Crippen LogP contribution in [0.3, 0.4) is 0 Å². The third-order valence-electron chi connectivity index (χ3n) is 9.66. The first kappa shape index (κ1) is 19.5. The Morgan fingerprint density at radius 3 is 2.65 bits per heavy atom. The molecule has 2 saturated carbocycles. The zero-order valence-electron chi connectivity index (χ0n) is 19.4. The molecule has 3 aliphatic heterocycles. The number of hydrogen-bond donors (Lipinski definition) is 1. The van der Waals surface area contributed by atoms with Crippen molar-refractivity contribution in [3.8, 4) is 0 Å². The van der Waals surface area contributed by atoms with E-state index >= 15 is 0 Å². The van der Waals surface area contributed by atoms with Crippen LogP contribution in [-0.2, 0) is 32.0 Å². The minimum absolute atomic E-state index is 0.0405. The smallest absolute Gasteiger partial charge is 0.156 e. The van der Waals surface area contributed by atoms with Gasteiger partial charge in [0.05, 0.1) is 18.0 Å². The van der Waals surface area contributed by atoms with Crippen LogP contribution in [0.1, 0.15) is 77.2 Å². The maximum absolute atomic E-state index is 9.74. The van der Waals surface area contributed by atoms with Crippen LogP contribution in [0, 0.1) is 11.3 Å². The van der Waals surface area contributed by atoms with Gasteiger partial charge in [-0.1, -0.05) is 20.8 Å². The van der Waals surface area contributed by atoms with E-state index in [1.807, 2.05) is 6.26 Å². The minimum Gasteiger partial charge on any atom is -0.466 e. The molecule has 6 aliphatic rings. The molecule has 1 N–H and O–H groups in total. The van der Waals surface area contributed by atoms with Crippen LogP contribution in [0.4, 0.5) is 0 Å². The molecule has 3 saturated heterocycles. The molecule has 4 heterocycles. The van der Waals surface area contributed by atoms with Gasteiger partial charge in [-0.25, -0.2) is 0 Å². The fourth-order valence-corrected chi connectivity index (χ4v) is 8.26. The van der Waals surface area contributed by atoms with E-state index in [0.717, 1.165) is 25.0 Å². The summed E-state index contributed by atoms with van der Waals surface area (Å²) in [5.41, 5.74) is 0.930. The molecule has 0 bridgehead atoms. The van der Waals surface area contributed by atoms with Gasteiger partial charge in [0.1, 0.15) is 41.9 Å². The lowest BCUT2D eigenvalue weighted by atomic mass is 9.46. The van der Waals surface area contributed by atoms with Gasteiger partial charge in [-0.3, -0.25) is 0 Å². The van der Waals surface area contributed by atoms with Crippen LogP contribution < -0.4 is 0 Å². The van der Waals surface area contributed by atoms with Gasteiger partial charge in [0.2, 0.25) is 0 Å². The van der Waals surface area contributed by atoms with E-state index < -0.39 is 5.60 Å². The highest BCUT2D eigenvalue weighted by molar-refractivity contribution is 5.51. The van der Waals surface area contributed by atoms with Crippen molar-refractivity contribution in [1.82, 2.24) is 0 Å². The molecule has 6 nitrogen and oxygen atoms in total. The van der Waals surface area contributed by atoms with E-state index in [9.17, 15) is 5.11 Å². The molecule has 0 radical (unpaired) electrons. The predicted octanol–water partition coefficient (Wildman–Crippen LogP) is 3.48. The van der Waals surface area contributed by atoms with E-state index in [0.29, 0.717) is 11.8 Å². The molecule has 3 aliphatic carbocycles. The van der Waals surface area contributed by atoms with E-state index in [1.165, 1.54) is 11.1 Å². The molecule has 0 unspecified atom stereocenters. The molecule has 1 aromatic rings. The second-order valence-corrected chi connectivity index (χ2v) is 12.3. The third-order valence-corrected chi connectivity index (χ3v) is 9.66. The quantitative estimate of drug-likeness (QED) is 0.740. The maximum atomic E-state index is 9.74. The van der Waals surface area contributed by atoms with Gasteiger partial charge >= 0.3 is 0 Å². The van der Waals surface area contributed by atoms with Crippen molar-refractivity contribution in [2.75, 3.05) is 0 Å². The lowest BCUT2D eigenvalue weighted by Gasteiger charge is -2.54. The topological polar surface area (TPSA) is 80.2 Å². The highest BCUT2D eigenvalue weighted by Gasteiger charge is 3.00. The first-order chi connectivity index (χ1) is 14.6. The summed E-state index contributed by atoms with van der Waals surface area (Å²) in [5.74, 6) is 1.35. The Labute approximate surface area is 183 Å². The second-order valence-electron chi connectivity index (χ2n) is 12.3. The molecule has 1 aromatic heterocycles. The summed E-state index contributed by atoms with van der Waals surface area (Å²) in [5, 5.41) is 9.74. The molecule has 0 amide bonds. The van der Waals surface area contributed by atoms with E-state index in [4.69, 9.17) is 23.4 Å². The van der Waals surface area contributed by atoms with Crippen molar-refractivity contribution in [3.05, 3.63) is 23.2 Å². The van der Waals surface area contributed by atoms with Crippen LogP contribution in [-0.4, -0.2) is 51.9 Å². The summed E-state index contributed by atoms with van der Waals surface area (Å²) >= 11 is 0. The molecule has 0 aromatic carbocycles. The van der Waals surface area contributed by atoms with Gasteiger partial charge < -0.3 is 28.5 Å². The summed E-state index contributed by atoms with van der Waals surface area (Å²) in [4.78, 5) is 0. The zero-order valence-corrected chi connectivity index (χ0v) is 19.4. The Hall–Kier alpha value is -0.920. The number of hydrogen-bond acceptors (Lipinski definition) is 6. The average Bonchev–Trinajstić information content (AvgIpc) is 3.58. The van der Waals surface area contributed by atoms with Crippen LogP contribution in [0.5, 0.6) is 0 Å². The average molecular weight is 431 g/mol. The Bertz CT molecular complexity index is 977. The fraction of sp³-hybridized carbons (Fsp3) is 0.840. The van der Waals surface area contributed by atoms with Crippen molar-refractivity contribution >= 4 is 0 Å². The van der Waals surface area contributed by atoms with Gasteiger partial charge in [0, 0.05) is 5.41 Å². The number of fused-ring (bicyclic) bond motifs is 5. The van der Waals surface area contributed by atoms with Crippen LogP contribution in [0.15, 0.2) is 10.7 Å². The monoisotopic (exact) mass is 430 g/mol. The molecule has 31 heavy (non-hydrogen) atoms. The molecule has 9 atom stereocenters. The first-order valence-electron chi connectivity index (χ1n) is 12.0.